The fourth-order valence-electron chi connectivity index (χ4n) is 2.22. The minimum atomic E-state index is -0.653. The van der Waals surface area contributed by atoms with Gasteiger partial charge in [-0.1, -0.05) is 29.8 Å². The number of nitro groups is 1. The smallest absolute Gasteiger partial charge is 0.293 e. The van der Waals surface area contributed by atoms with Crippen molar-refractivity contribution in [1.82, 2.24) is 0 Å². The average Bonchev–Trinajstić information content (AvgIpc) is 2.61. The highest BCUT2D eigenvalue weighted by molar-refractivity contribution is 6.34. The first kappa shape index (κ1) is 19.0. The molecule has 0 saturated carbocycles. The molecular weight excluding hydrogens is 356 g/mol. The van der Waals surface area contributed by atoms with E-state index in [4.69, 9.17) is 11.6 Å². The molecule has 2 aromatic carbocycles. The molecule has 0 saturated heterocycles. The van der Waals surface area contributed by atoms with Crippen molar-refractivity contribution >= 4 is 40.6 Å². The molecular formula is C18H15ClN4O3. The van der Waals surface area contributed by atoms with Gasteiger partial charge in [0.15, 0.2) is 0 Å². The number of halogens is 1. The second-order valence-corrected chi connectivity index (χ2v) is 5.91. The van der Waals surface area contributed by atoms with E-state index in [1.165, 1.54) is 12.1 Å². The molecule has 0 spiro atoms. The summed E-state index contributed by atoms with van der Waals surface area (Å²) < 4.78 is 0. The molecule has 8 heteroatoms. The topological polar surface area (TPSA) is 99.3 Å². The molecule has 2 aromatic rings. The first-order chi connectivity index (χ1) is 12.3. The van der Waals surface area contributed by atoms with Crippen molar-refractivity contribution in [3.05, 3.63) is 68.7 Å². The Bertz CT molecular complexity index is 932. The number of nitrogens with zero attached hydrogens (tertiary/aromatic N) is 3. The zero-order valence-corrected chi connectivity index (χ0v) is 14.8. The van der Waals surface area contributed by atoms with E-state index in [0.717, 1.165) is 0 Å². The molecule has 0 fully saturated rings. The maximum atomic E-state index is 12.3. The summed E-state index contributed by atoms with van der Waals surface area (Å²) in [5.74, 6) is -0.653. The Morgan fingerprint density at radius 2 is 2.00 bits per heavy atom. The van der Waals surface area contributed by atoms with Gasteiger partial charge in [-0.05, 0) is 29.8 Å². The van der Waals surface area contributed by atoms with Gasteiger partial charge in [-0.2, -0.15) is 5.26 Å². The number of carbonyl (C=O) groups is 1. The van der Waals surface area contributed by atoms with Gasteiger partial charge in [0.05, 0.1) is 15.6 Å². The van der Waals surface area contributed by atoms with Crippen LogP contribution in [-0.4, -0.2) is 24.9 Å². The lowest BCUT2D eigenvalue weighted by Crippen LogP contribution is -2.14. The van der Waals surface area contributed by atoms with Crippen LogP contribution in [0.25, 0.3) is 6.08 Å². The van der Waals surface area contributed by atoms with Crippen molar-refractivity contribution in [3.8, 4) is 6.07 Å². The molecule has 0 radical (unpaired) electrons. The van der Waals surface area contributed by atoms with Gasteiger partial charge in [-0.3, -0.25) is 14.9 Å². The van der Waals surface area contributed by atoms with Crippen molar-refractivity contribution in [2.45, 2.75) is 0 Å². The van der Waals surface area contributed by atoms with Crippen molar-refractivity contribution in [3.63, 3.8) is 0 Å². The van der Waals surface area contributed by atoms with Gasteiger partial charge in [0.1, 0.15) is 17.3 Å². The van der Waals surface area contributed by atoms with Gasteiger partial charge < -0.3 is 10.2 Å². The lowest BCUT2D eigenvalue weighted by Gasteiger charge is -2.12. The summed E-state index contributed by atoms with van der Waals surface area (Å²) in [4.78, 5) is 24.6. The van der Waals surface area contributed by atoms with Gasteiger partial charge >= 0.3 is 0 Å². The first-order valence-electron chi connectivity index (χ1n) is 7.47. The number of anilines is 2. The largest absolute Gasteiger partial charge is 0.372 e. The molecule has 1 N–H and O–H groups in total. The van der Waals surface area contributed by atoms with E-state index in [1.54, 1.807) is 61.5 Å². The van der Waals surface area contributed by atoms with Crippen LogP contribution in [0.15, 0.2) is 48.0 Å². The lowest BCUT2D eigenvalue weighted by molar-refractivity contribution is -0.384. The van der Waals surface area contributed by atoms with Crippen LogP contribution in [0.3, 0.4) is 0 Å². The summed E-state index contributed by atoms with van der Waals surface area (Å²) in [6, 6.07) is 12.9. The fourth-order valence-corrected chi connectivity index (χ4v) is 2.41. The first-order valence-corrected chi connectivity index (χ1v) is 7.84. The number of nitriles is 1. The van der Waals surface area contributed by atoms with Crippen LogP contribution in [-0.2, 0) is 4.79 Å². The van der Waals surface area contributed by atoms with Crippen molar-refractivity contribution in [2.75, 3.05) is 24.3 Å². The Morgan fingerprint density at radius 1 is 1.31 bits per heavy atom. The molecule has 0 bridgehead atoms. The quantitative estimate of drug-likeness (QED) is 0.373. The van der Waals surface area contributed by atoms with E-state index >= 15 is 0 Å². The molecule has 2 rings (SSSR count). The number of rotatable bonds is 5. The molecule has 0 atom stereocenters. The molecule has 7 nitrogen and oxygen atoms in total. The average molecular weight is 371 g/mol. The van der Waals surface area contributed by atoms with E-state index < -0.39 is 10.8 Å². The van der Waals surface area contributed by atoms with Crippen LogP contribution in [0.2, 0.25) is 5.02 Å². The van der Waals surface area contributed by atoms with E-state index in [9.17, 15) is 20.2 Å². The molecule has 0 aromatic heterocycles. The summed E-state index contributed by atoms with van der Waals surface area (Å²) in [6.07, 6.45) is 1.29. The van der Waals surface area contributed by atoms with Gasteiger partial charge in [0, 0.05) is 20.2 Å². The number of para-hydroxylation sites is 1. The van der Waals surface area contributed by atoms with Crippen LogP contribution in [0.4, 0.5) is 17.1 Å². The number of benzene rings is 2. The van der Waals surface area contributed by atoms with Crippen LogP contribution in [0.5, 0.6) is 0 Å². The Labute approximate surface area is 155 Å². The third-order valence-corrected chi connectivity index (χ3v) is 3.81. The van der Waals surface area contributed by atoms with Gasteiger partial charge in [0.25, 0.3) is 11.6 Å². The molecule has 1 amide bonds. The number of hydrogen-bond acceptors (Lipinski definition) is 5. The molecule has 0 unspecified atom stereocenters. The minimum absolute atomic E-state index is 0.118. The Balaban J connectivity index is 2.35. The lowest BCUT2D eigenvalue weighted by atomic mass is 10.1. The van der Waals surface area contributed by atoms with Crippen LogP contribution < -0.4 is 10.2 Å². The highest BCUT2D eigenvalue weighted by Crippen LogP contribution is 2.28. The van der Waals surface area contributed by atoms with E-state index in [0.29, 0.717) is 22.0 Å². The van der Waals surface area contributed by atoms with Crippen molar-refractivity contribution < 1.29 is 9.72 Å². The third kappa shape index (κ3) is 4.37. The zero-order chi connectivity index (χ0) is 19.3. The summed E-state index contributed by atoms with van der Waals surface area (Å²) in [7, 11) is 3.38. The fraction of sp³-hybridized carbons (Fsp3) is 0.111. The maximum Gasteiger partial charge on any atom is 0.293 e. The molecule has 0 heterocycles. The molecule has 26 heavy (non-hydrogen) atoms. The predicted octanol–water partition coefficient (Wildman–Crippen LogP) is 3.86. The highest BCUT2D eigenvalue weighted by Gasteiger charge is 2.17. The minimum Gasteiger partial charge on any atom is -0.372 e. The van der Waals surface area contributed by atoms with E-state index in [2.05, 4.69) is 5.32 Å². The third-order valence-electron chi connectivity index (χ3n) is 3.48. The molecule has 132 valence electrons. The summed E-state index contributed by atoms with van der Waals surface area (Å²) >= 11 is 5.98. The number of hydrogen-bond donors (Lipinski definition) is 1. The van der Waals surface area contributed by atoms with Crippen molar-refractivity contribution in [2.24, 2.45) is 0 Å². The van der Waals surface area contributed by atoms with Crippen LogP contribution >= 0.6 is 11.6 Å². The van der Waals surface area contributed by atoms with E-state index in [-0.39, 0.29) is 11.3 Å². The summed E-state index contributed by atoms with van der Waals surface area (Å²) in [5.41, 5.74) is 0.845. The SMILES string of the molecule is CN(C)c1ccc(/C=C(\C#N)C(=O)Nc2ccccc2Cl)cc1[N+](=O)[O-]. The summed E-state index contributed by atoms with van der Waals surface area (Å²) in [6.45, 7) is 0. The molecule has 0 aliphatic heterocycles. The Morgan fingerprint density at radius 3 is 2.58 bits per heavy atom. The van der Waals surface area contributed by atoms with Gasteiger partial charge in [-0.25, -0.2) is 0 Å². The second-order valence-electron chi connectivity index (χ2n) is 5.50. The predicted molar refractivity (Wildman–Crippen MR) is 101 cm³/mol. The number of nitro benzene ring substituents is 1. The number of nitrogens with one attached hydrogen (secondary N) is 1. The van der Waals surface area contributed by atoms with Crippen molar-refractivity contribution in [1.29, 1.82) is 5.26 Å². The monoisotopic (exact) mass is 370 g/mol. The van der Waals surface area contributed by atoms with Gasteiger partial charge in [-0.15, -0.1) is 0 Å². The number of carbonyl (C=O) groups excluding carboxylic acids is 1. The van der Waals surface area contributed by atoms with E-state index in [1.807, 2.05) is 0 Å². The normalized spacial score (nSPS) is 10.8. The molecule has 0 aliphatic rings. The Kier molecular flexibility index (Phi) is 5.94. The van der Waals surface area contributed by atoms with Gasteiger partial charge in [0.2, 0.25) is 0 Å². The van der Waals surface area contributed by atoms with Crippen LogP contribution in [0.1, 0.15) is 5.56 Å². The molecule has 0 aliphatic carbocycles. The number of amides is 1. The standard InChI is InChI=1S/C18H15ClN4O3/c1-22(2)16-8-7-12(10-17(16)23(25)26)9-13(11-20)18(24)21-15-6-4-3-5-14(15)19/h3-10H,1-2H3,(H,21,24)/b13-9+. The highest BCUT2D eigenvalue weighted by atomic mass is 35.5. The van der Waals surface area contributed by atoms with Crippen LogP contribution in [0, 0.1) is 21.4 Å². The maximum absolute atomic E-state index is 12.3. The Hall–Kier alpha value is -3.37. The second kappa shape index (κ2) is 8.14. The summed E-state index contributed by atoms with van der Waals surface area (Å²) in [5, 5.41) is 23.4. The zero-order valence-electron chi connectivity index (χ0n) is 14.1.